The van der Waals surface area contributed by atoms with Crippen LogP contribution in [0.5, 0.6) is 0 Å². The van der Waals surface area contributed by atoms with Gasteiger partial charge in [0.15, 0.2) is 0 Å². The zero-order chi connectivity index (χ0) is 16.1. The monoisotopic (exact) mass is 301 g/mol. The summed E-state index contributed by atoms with van der Waals surface area (Å²) >= 11 is 0. The highest BCUT2D eigenvalue weighted by molar-refractivity contribution is 5.92. The molecule has 1 aromatic carbocycles. The predicted molar refractivity (Wildman–Crippen MR) is 85.2 cm³/mol. The molecule has 0 fully saturated rings. The van der Waals surface area contributed by atoms with Crippen LogP contribution in [0.1, 0.15) is 29.9 Å². The SMILES string of the molecule is CC(C)C(CO)N(Cc1ccccc1)C(=O)c1ccnn1C. The van der Waals surface area contributed by atoms with Gasteiger partial charge in [0.05, 0.1) is 12.6 Å². The highest BCUT2D eigenvalue weighted by atomic mass is 16.3. The van der Waals surface area contributed by atoms with Crippen molar-refractivity contribution in [1.82, 2.24) is 14.7 Å². The van der Waals surface area contributed by atoms with Gasteiger partial charge in [0, 0.05) is 19.8 Å². The van der Waals surface area contributed by atoms with E-state index in [2.05, 4.69) is 5.10 Å². The van der Waals surface area contributed by atoms with Gasteiger partial charge in [-0.1, -0.05) is 44.2 Å². The molecule has 1 N–H and O–H groups in total. The van der Waals surface area contributed by atoms with Crippen LogP contribution >= 0.6 is 0 Å². The number of carbonyl (C=O) groups is 1. The number of aromatic nitrogens is 2. The van der Waals surface area contributed by atoms with Gasteiger partial charge in [-0.05, 0) is 17.5 Å². The van der Waals surface area contributed by atoms with Crippen LogP contribution in [0.4, 0.5) is 0 Å². The molecule has 0 saturated carbocycles. The minimum absolute atomic E-state index is 0.0614. The van der Waals surface area contributed by atoms with Gasteiger partial charge in [0.1, 0.15) is 5.69 Å². The molecule has 0 aliphatic heterocycles. The summed E-state index contributed by atoms with van der Waals surface area (Å²) in [6.45, 7) is 4.42. The van der Waals surface area contributed by atoms with Crippen molar-refractivity contribution in [2.45, 2.75) is 26.4 Å². The molecule has 5 heteroatoms. The predicted octanol–water partition coefficient (Wildman–Crippen LogP) is 2.08. The molecule has 0 bridgehead atoms. The lowest BCUT2D eigenvalue weighted by Crippen LogP contribution is -2.45. The molecule has 5 nitrogen and oxygen atoms in total. The Morgan fingerprint density at radius 2 is 1.95 bits per heavy atom. The van der Waals surface area contributed by atoms with Crippen molar-refractivity contribution < 1.29 is 9.90 Å². The number of amides is 1. The number of aliphatic hydroxyl groups is 1. The van der Waals surface area contributed by atoms with E-state index in [9.17, 15) is 9.90 Å². The maximum atomic E-state index is 12.9. The Morgan fingerprint density at radius 1 is 1.27 bits per heavy atom. The highest BCUT2D eigenvalue weighted by Gasteiger charge is 2.28. The summed E-state index contributed by atoms with van der Waals surface area (Å²) in [5.41, 5.74) is 1.56. The lowest BCUT2D eigenvalue weighted by atomic mass is 10.0. The van der Waals surface area contributed by atoms with E-state index in [0.29, 0.717) is 12.2 Å². The van der Waals surface area contributed by atoms with E-state index in [0.717, 1.165) is 5.56 Å². The largest absolute Gasteiger partial charge is 0.394 e. The molecular formula is C17H23N3O2. The summed E-state index contributed by atoms with van der Waals surface area (Å²) < 4.78 is 1.56. The lowest BCUT2D eigenvalue weighted by Gasteiger charge is -2.33. The molecule has 1 atom stereocenters. The van der Waals surface area contributed by atoms with Crippen LogP contribution in [-0.2, 0) is 13.6 Å². The van der Waals surface area contributed by atoms with Crippen molar-refractivity contribution in [3.8, 4) is 0 Å². The number of aryl methyl sites for hydroxylation is 1. The Morgan fingerprint density at radius 3 is 2.45 bits per heavy atom. The average molecular weight is 301 g/mol. The molecule has 1 heterocycles. The Balaban J connectivity index is 2.32. The fraction of sp³-hybridized carbons (Fsp3) is 0.412. The molecule has 1 unspecified atom stereocenters. The first-order chi connectivity index (χ1) is 10.5. The molecule has 2 aromatic rings. The van der Waals surface area contributed by atoms with Crippen LogP contribution in [0.2, 0.25) is 0 Å². The third kappa shape index (κ3) is 3.54. The van der Waals surface area contributed by atoms with Crippen molar-refractivity contribution >= 4 is 5.91 Å². The lowest BCUT2D eigenvalue weighted by molar-refractivity contribution is 0.0471. The smallest absolute Gasteiger partial charge is 0.272 e. The van der Waals surface area contributed by atoms with E-state index in [4.69, 9.17) is 0 Å². The van der Waals surface area contributed by atoms with Gasteiger partial charge in [0.25, 0.3) is 5.91 Å². The van der Waals surface area contributed by atoms with Crippen molar-refractivity contribution in [2.75, 3.05) is 6.61 Å². The second-order valence-electron chi connectivity index (χ2n) is 5.75. The zero-order valence-electron chi connectivity index (χ0n) is 13.3. The normalized spacial score (nSPS) is 12.4. The van der Waals surface area contributed by atoms with Crippen LogP contribution in [0.15, 0.2) is 42.6 Å². The van der Waals surface area contributed by atoms with Crippen molar-refractivity contribution in [3.05, 3.63) is 53.9 Å². The summed E-state index contributed by atoms with van der Waals surface area (Å²) in [6.07, 6.45) is 1.61. The molecule has 22 heavy (non-hydrogen) atoms. The van der Waals surface area contributed by atoms with E-state index in [1.807, 2.05) is 44.2 Å². The topological polar surface area (TPSA) is 58.4 Å². The van der Waals surface area contributed by atoms with Gasteiger partial charge >= 0.3 is 0 Å². The molecule has 0 aliphatic rings. The van der Waals surface area contributed by atoms with Gasteiger partial charge in [-0.25, -0.2) is 0 Å². The second-order valence-corrected chi connectivity index (χ2v) is 5.75. The van der Waals surface area contributed by atoms with Gasteiger partial charge in [-0.15, -0.1) is 0 Å². The van der Waals surface area contributed by atoms with Gasteiger partial charge in [-0.3, -0.25) is 9.48 Å². The number of benzene rings is 1. The molecule has 1 aromatic heterocycles. The Hall–Kier alpha value is -2.14. The van der Waals surface area contributed by atoms with Crippen LogP contribution in [0, 0.1) is 5.92 Å². The summed E-state index contributed by atoms with van der Waals surface area (Å²) in [5.74, 6) is 0.0440. The summed E-state index contributed by atoms with van der Waals surface area (Å²) in [7, 11) is 1.75. The van der Waals surface area contributed by atoms with Gasteiger partial charge in [-0.2, -0.15) is 5.10 Å². The van der Waals surface area contributed by atoms with E-state index in [1.54, 1.807) is 28.9 Å². The fourth-order valence-electron chi connectivity index (χ4n) is 2.52. The Bertz CT molecular complexity index is 607. The van der Waals surface area contributed by atoms with Crippen LogP contribution in [0.3, 0.4) is 0 Å². The summed E-state index contributed by atoms with van der Waals surface area (Å²) in [4.78, 5) is 14.6. The third-order valence-electron chi connectivity index (χ3n) is 3.85. The van der Waals surface area contributed by atoms with Crippen LogP contribution in [-0.4, -0.2) is 38.3 Å². The second kappa shape index (κ2) is 7.22. The first-order valence-corrected chi connectivity index (χ1v) is 7.48. The summed E-state index contributed by atoms with van der Waals surface area (Å²) in [5, 5.41) is 13.8. The molecule has 0 radical (unpaired) electrons. The quantitative estimate of drug-likeness (QED) is 0.888. The van der Waals surface area contributed by atoms with Crippen molar-refractivity contribution in [1.29, 1.82) is 0 Å². The van der Waals surface area contributed by atoms with E-state index >= 15 is 0 Å². The number of hydrogen-bond donors (Lipinski definition) is 1. The number of hydrogen-bond acceptors (Lipinski definition) is 3. The van der Waals surface area contributed by atoms with Crippen molar-refractivity contribution in [3.63, 3.8) is 0 Å². The molecular weight excluding hydrogens is 278 g/mol. The average Bonchev–Trinajstić information content (AvgIpc) is 2.93. The first kappa shape index (κ1) is 16.2. The number of carbonyl (C=O) groups excluding carboxylic acids is 1. The van der Waals surface area contributed by atoms with Crippen LogP contribution < -0.4 is 0 Å². The Kier molecular flexibility index (Phi) is 5.33. The zero-order valence-corrected chi connectivity index (χ0v) is 13.3. The number of rotatable bonds is 6. The maximum Gasteiger partial charge on any atom is 0.272 e. The summed E-state index contributed by atoms with van der Waals surface area (Å²) in [6, 6.07) is 11.3. The van der Waals surface area contributed by atoms with Crippen molar-refractivity contribution in [2.24, 2.45) is 13.0 Å². The molecule has 2 rings (SSSR count). The fourth-order valence-corrected chi connectivity index (χ4v) is 2.52. The Labute approximate surface area is 131 Å². The molecule has 0 saturated heterocycles. The third-order valence-corrected chi connectivity index (χ3v) is 3.85. The molecule has 0 spiro atoms. The van der Waals surface area contributed by atoms with Gasteiger partial charge < -0.3 is 10.0 Å². The highest BCUT2D eigenvalue weighted by Crippen LogP contribution is 2.18. The number of aliphatic hydroxyl groups excluding tert-OH is 1. The first-order valence-electron chi connectivity index (χ1n) is 7.48. The standard InChI is InChI=1S/C17H23N3O2/c1-13(2)16(12-21)20(11-14-7-5-4-6-8-14)17(22)15-9-10-18-19(15)3/h4-10,13,16,21H,11-12H2,1-3H3. The maximum absolute atomic E-state index is 12.9. The minimum atomic E-state index is -0.234. The van der Waals surface area contributed by atoms with Gasteiger partial charge in [0.2, 0.25) is 0 Å². The van der Waals surface area contributed by atoms with E-state index in [1.165, 1.54) is 0 Å². The number of nitrogens with zero attached hydrogens (tertiary/aromatic N) is 3. The van der Waals surface area contributed by atoms with Crippen LogP contribution in [0.25, 0.3) is 0 Å². The molecule has 1 amide bonds. The minimum Gasteiger partial charge on any atom is -0.394 e. The van der Waals surface area contributed by atoms with E-state index in [-0.39, 0.29) is 24.5 Å². The molecule has 0 aliphatic carbocycles. The molecule has 118 valence electrons. The van der Waals surface area contributed by atoms with E-state index < -0.39 is 0 Å².